The Kier molecular flexibility index (Phi) is 7.61. The molecule has 0 aliphatic heterocycles. The lowest BCUT2D eigenvalue weighted by Gasteiger charge is -2.02. The fraction of sp³-hybridized carbons (Fsp3) is 0.438. The molecule has 0 saturated carbocycles. The number of hydrogen-bond acceptors (Lipinski definition) is 2. The van der Waals surface area contributed by atoms with Crippen molar-refractivity contribution < 1.29 is 4.84 Å². The molecule has 98 valence electrons. The molecule has 2 heteroatoms. The van der Waals surface area contributed by atoms with Gasteiger partial charge < -0.3 is 4.84 Å². The number of rotatable bonds is 8. The van der Waals surface area contributed by atoms with E-state index in [1.807, 2.05) is 24.3 Å². The second kappa shape index (κ2) is 9.46. The van der Waals surface area contributed by atoms with Gasteiger partial charge in [0.2, 0.25) is 0 Å². The van der Waals surface area contributed by atoms with Crippen molar-refractivity contribution in [3.63, 3.8) is 0 Å². The summed E-state index contributed by atoms with van der Waals surface area (Å²) in [5.41, 5.74) is 2.36. The molecule has 0 aliphatic rings. The van der Waals surface area contributed by atoms with Gasteiger partial charge in [0.1, 0.15) is 6.61 Å². The Morgan fingerprint density at radius 3 is 2.39 bits per heavy atom. The summed E-state index contributed by atoms with van der Waals surface area (Å²) in [7, 11) is 0. The summed E-state index contributed by atoms with van der Waals surface area (Å²) in [6, 6.07) is 10.2. The second-order valence-corrected chi connectivity index (χ2v) is 4.27. The monoisotopic (exact) mass is 245 g/mol. The van der Waals surface area contributed by atoms with Gasteiger partial charge in [0.25, 0.3) is 0 Å². The zero-order valence-corrected chi connectivity index (χ0v) is 11.4. The van der Waals surface area contributed by atoms with Crippen molar-refractivity contribution in [1.82, 2.24) is 0 Å². The molecule has 0 unspecified atom stereocenters. The van der Waals surface area contributed by atoms with Crippen LogP contribution >= 0.6 is 0 Å². The molecule has 1 aromatic rings. The van der Waals surface area contributed by atoms with Crippen LogP contribution < -0.4 is 0 Å². The highest BCUT2D eigenvalue weighted by Crippen LogP contribution is 2.03. The predicted octanol–water partition coefficient (Wildman–Crippen LogP) is 4.67. The van der Waals surface area contributed by atoms with E-state index in [2.05, 4.69) is 37.2 Å². The van der Waals surface area contributed by atoms with E-state index >= 15 is 0 Å². The molecule has 1 aromatic carbocycles. The molecule has 0 heterocycles. The molecule has 0 aromatic heterocycles. The Morgan fingerprint density at radius 1 is 1.11 bits per heavy atom. The largest absolute Gasteiger partial charge is 0.392 e. The molecule has 18 heavy (non-hydrogen) atoms. The third-order valence-electron chi connectivity index (χ3n) is 2.55. The third-order valence-corrected chi connectivity index (χ3v) is 2.55. The lowest BCUT2D eigenvalue weighted by Crippen LogP contribution is -1.98. The Labute approximate surface area is 110 Å². The standard InChI is InChI=1S/C16H23NO/c1-3-9-16(10-4-2)17-18-14-8-13-15-11-6-5-7-12-15/h5-8,11-13H,3-4,9-10,14H2,1-2H3/b13-8+. The van der Waals surface area contributed by atoms with Gasteiger partial charge in [0.05, 0.1) is 5.71 Å². The molecule has 0 spiro atoms. The number of hydrogen-bond donors (Lipinski definition) is 0. The Morgan fingerprint density at radius 2 is 1.78 bits per heavy atom. The minimum Gasteiger partial charge on any atom is -0.392 e. The normalized spacial score (nSPS) is 10.6. The maximum Gasteiger partial charge on any atom is 0.135 e. The van der Waals surface area contributed by atoms with E-state index < -0.39 is 0 Å². The SMILES string of the molecule is CCCC(CCC)=NOC/C=C/c1ccccc1. The molecule has 0 atom stereocenters. The molecule has 0 radical (unpaired) electrons. The van der Waals surface area contributed by atoms with Crippen LogP contribution in [0.5, 0.6) is 0 Å². The van der Waals surface area contributed by atoms with Crippen LogP contribution in [0.15, 0.2) is 41.6 Å². The average molecular weight is 245 g/mol. The molecule has 0 amide bonds. The number of oxime groups is 1. The van der Waals surface area contributed by atoms with E-state index in [1.54, 1.807) is 0 Å². The lowest BCUT2D eigenvalue weighted by atomic mass is 10.1. The zero-order valence-electron chi connectivity index (χ0n) is 11.4. The van der Waals surface area contributed by atoms with Crippen molar-refractivity contribution in [3.05, 3.63) is 42.0 Å². The van der Waals surface area contributed by atoms with Crippen molar-refractivity contribution in [1.29, 1.82) is 0 Å². The molecule has 2 nitrogen and oxygen atoms in total. The first kappa shape index (κ1) is 14.5. The van der Waals surface area contributed by atoms with Crippen molar-refractivity contribution in [2.75, 3.05) is 6.61 Å². The third kappa shape index (κ3) is 6.24. The smallest absolute Gasteiger partial charge is 0.135 e. The van der Waals surface area contributed by atoms with Gasteiger partial charge >= 0.3 is 0 Å². The summed E-state index contributed by atoms with van der Waals surface area (Å²) in [5, 5.41) is 4.20. The average Bonchev–Trinajstić information content (AvgIpc) is 2.40. The van der Waals surface area contributed by atoms with Crippen LogP contribution in [0.1, 0.15) is 45.1 Å². The van der Waals surface area contributed by atoms with E-state index in [9.17, 15) is 0 Å². The Balaban J connectivity index is 2.32. The topological polar surface area (TPSA) is 21.6 Å². The van der Waals surface area contributed by atoms with Crippen molar-refractivity contribution in [2.45, 2.75) is 39.5 Å². The maximum absolute atomic E-state index is 5.32. The van der Waals surface area contributed by atoms with E-state index in [1.165, 1.54) is 11.3 Å². The molecule has 0 saturated heterocycles. The summed E-state index contributed by atoms with van der Waals surface area (Å²) < 4.78 is 0. The molecule has 0 N–H and O–H groups in total. The summed E-state index contributed by atoms with van der Waals surface area (Å²) in [6.07, 6.45) is 8.37. The van der Waals surface area contributed by atoms with Crippen LogP contribution in [0.3, 0.4) is 0 Å². The van der Waals surface area contributed by atoms with Gasteiger partial charge in [-0.05, 0) is 24.5 Å². The summed E-state index contributed by atoms with van der Waals surface area (Å²) >= 11 is 0. The predicted molar refractivity (Wildman–Crippen MR) is 78.7 cm³/mol. The first-order chi connectivity index (χ1) is 8.86. The van der Waals surface area contributed by atoms with Crippen molar-refractivity contribution in [3.8, 4) is 0 Å². The summed E-state index contributed by atoms with van der Waals surface area (Å²) in [5.74, 6) is 0. The van der Waals surface area contributed by atoms with Gasteiger partial charge in [-0.3, -0.25) is 0 Å². The zero-order chi connectivity index (χ0) is 13.1. The van der Waals surface area contributed by atoms with E-state index in [4.69, 9.17) is 4.84 Å². The van der Waals surface area contributed by atoms with E-state index in [0.29, 0.717) is 6.61 Å². The minimum atomic E-state index is 0.534. The van der Waals surface area contributed by atoms with Crippen molar-refractivity contribution >= 4 is 11.8 Å². The lowest BCUT2D eigenvalue weighted by molar-refractivity contribution is 0.173. The first-order valence-electron chi connectivity index (χ1n) is 6.76. The molecule has 1 rings (SSSR count). The Bertz CT molecular complexity index is 360. The van der Waals surface area contributed by atoms with Gasteiger partial charge in [0, 0.05) is 0 Å². The fourth-order valence-corrected chi connectivity index (χ4v) is 1.71. The van der Waals surface area contributed by atoms with Crippen LogP contribution in [-0.2, 0) is 4.84 Å². The minimum absolute atomic E-state index is 0.534. The molecule has 0 aliphatic carbocycles. The summed E-state index contributed by atoms with van der Waals surface area (Å²) in [4.78, 5) is 5.32. The summed E-state index contributed by atoms with van der Waals surface area (Å²) in [6.45, 7) is 4.87. The van der Waals surface area contributed by atoms with Gasteiger partial charge in [-0.2, -0.15) is 0 Å². The van der Waals surface area contributed by atoms with Crippen LogP contribution in [0.2, 0.25) is 0 Å². The fourth-order valence-electron chi connectivity index (χ4n) is 1.71. The highest BCUT2D eigenvalue weighted by Gasteiger charge is 1.96. The second-order valence-electron chi connectivity index (χ2n) is 4.27. The molecule has 0 bridgehead atoms. The van der Waals surface area contributed by atoms with E-state index in [0.717, 1.165) is 25.7 Å². The van der Waals surface area contributed by atoms with Crippen molar-refractivity contribution in [2.24, 2.45) is 5.16 Å². The van der Waals surface area contributed by atoms with Gasteiger partial charge in [-0.25, -0.2) is 0 Å². The number of benzene rings is 1. The van der Waals surface area contributed by atoms with Crippen LogP contribution in [0.25, 0.3) is 6.08 Å². The quantitative estimate of drug-likeness (QED) is 0.370. The molecular weight excluding hydrogens is 222 g/mol. The van der Waals surface area contributed by atoms with Crippen LogP contribution in [0.4, 0.5) is 0 Å². The Hall–Kier alpha value is -1.57. The molecular formula is C16H23NO. The maximum atomic E-state index is 5.32. The number of nitrogens with zero attached hydrogens (tertiary/aromatic N) is 1. The highest BCUT2D eigenvalue weighted by molar-refractivity contribution is 5.83. The van der Waals surface area contributed by atoms with Crippen LogP contribution in [0, 0.1) is 0 Å². The van der Waals surface area contributed by atoms with Gasteiger partial charge in [0.15, 0.2) is 0 Å². The highest BCUT2D eigenvalue weighted by atomic mass is 16.6. The van der Waals surface area contributed by atoms with E-state index in [-0.39, 0.29) is 0 Å². The first-order valence-corrected chi connectivity index (χ1v) is 6.76. The van der Waals surface area contributed by atoms with Gasteiger partial charge in [-0.1, -0.05) is 68.3 Å². The van der Waals surface area contributed by atoms with Crippen LogP contribution in [-0.4, -0.2) is 12.3 Å². The molecule has 0 fully saturated rings. The van der Waals surface area contributed by atoms with Gasteiger partial charge in [-0.15, -0.1) is 0 Å².